The number of hydrogen-bond donors (Lipinski definition) is 1. The molecular formula is C18H16Br2N2O2. The molecule has 1 N–H and O–H groups in total. The zero-order valence-electron chi connectivity index (χ0n) is 13.3. The van der Waals surface area contributed by atoms with Crippen LogP contribution in [0.25, 0.3) is 0 Å². The van der Waals surface area contributed by atoms with Crippen molar-refractivity contribution in [3.05, 3.63) is 50.4 Å². The van der Waals surface area contributed by atoms with E-state index in [0.29, 0.717) is 10.0 Å². The summed E-state index contributed by atoms with van der Waals surface area (Å²) in [6.45, 7) is 3.63. The quantitative estimate of drug-likeness (QED) is 0.655. The number of fused-ring (bicyclic) bond motifs is 1. The molecule has 1 aliphatic heterocycles. The molecule has 2 aromatic carbocycles. The molecule has 4 nitrogen and oxygen atoms in total. The minimum Gasteiger partial charge on any atom is -0.506 e. The number of halogens is 2. The fraction of sp³-hybridized carbons (Fsp3) is 0.222. The number of anilines is 1. The number of phenolic OH excluding ortho intramolecular Hbond substituents is 1. The molecule has 0 spiro atoms. The van der Waals surface area contributed by atoms with Crippen LogP contribution in [0.5, 0.6) is 5.75 Å². The Hall–Kier alpha value is -1.66. The fourth-order valence-electron chi connectivity index (χ4n) is 3.01. The Labute approximate surface area is 157 Å². The predicted molar refractivity (Wildman–Crippen MR) is 104 cm³/mol. The van der Waals surface area contributed by atoms with Crippen LogP contribution >= 0.6 is 31.9 Å². The number of carbonyl (C=O) groups excluding carboxylic acids is 1. The Kier molecular flexibility index (Phi) is 4.78. The van der Waals surface area contributed by atoms with Gasteiger partial charge in [0.05, 0.1) is 10.2 Å². The molecule has 1 heterocycles. The molecule has 1 aliphatic rings. The molecule has 3 rings (SSSR count). The first-order valence-electron chi connectivity index (χ1n) is 7.51. The van der Waals surface area contributed by atoms with E-state index >= 15 is 0 Å². The number of rotatable bonds is 2. The van der Waals surface area contributed by atoms with Gasteiger partial charge in [-0.1, -0.05) is 15.9 Å². The molecule has 0 radical (unpaired) electrons. The smallest absolute Gasteiger partial charge is 0.224 e. The molecule has 6 heteroatoms. The number of nitrogens with zero attached hydrogens (tertiary/aromatic N) is 2. The summed E-state index contributed by atoms with van der Waals surface area (Å²) >= 11 is 6.71. The van der Waals surface area contributed by atoms with E-state index in [9.17, 15) is 9.90 Å². The van der Waals surface area contributed by atoms with E-state index in [-0.39, 0.29) is 17.7 Å². The van der Waals surface area contributed by atoms with Crippen molar-refractivity contribution in [1.82, 2.24) is 0 Å². The minimum atomic E-state index is 0.0569. The highest BCUT2D eigenvalue weighted by Crippen LogP contribution is 2.35. The van der Waals surface area contributed by atoms with Crippen LogP contribution in [0.3, 0.4) is 0 Å². The van der Waals surface area contributed by atoms with Gasteiger partial charge in [-0.2, -0.15) is 0 Å². The first kappa shape index (κ1) is 17.2. The van der Waals surface area contributed by atoms with E-state index in [1.807, 2.05) is 30.0 Å². The molecule has 1 amide bonds. The van der Waals surface area contributed by atoms with Crippen molar-refractivity contribution in [3.8, 4) is 5.75 Å². The van der Waals surface area contributed by atoms with E-state index in [4.69, 9.17) is 0 Å². The summed E-state index contributed by atoms with van der Waals surface area (Å²) in [4.78, 5) is 18.1. The summed E-state index contributed by atoms with van der Waals surface area (Å²) in [6.07, 6.45) is 2.46. The Morgan fingerprint density at radius 3 is 2.79 bits per heavy atom. The van der Waals surface area contributed by atoms with Crippen molar-refractivity contribution in [2.45, 2.75) is 26.3 Å². The maximum atomic E-state index is 11.8. The summed E-state index contributed by atoms with van der Waals surface area (Å²) in [5.74, 6) is 0.209. The van der Waals surface area contributed by atoms with Crippen molar-refractivity contribution in [2.24, 2.45) is 4.99 Å². The molecule has 0 saturated heterocycles. The largest absolute Gasteiger partial charge is 0.506 e. The van der Waals surface area contributed by atoms with E-state index in [0.717, 1.165) is 27.8 Å². The van der Waals surface area contributed by atoms with Gasteiger partial charge in [0.15, 0.2) is 0 Å². The van der Waals surface area contributed by atoms with Gasteiger partial charge in [-0.25, -0.2) is 0 Å². The van der Waals surface area contributed by atoms with Gasteiger partial charge in [-0.05, 0) is 65.2 Å². The summed E-state index contributed by atoms with van der Waals surface area (Å²) in [5, 5.41) is 10.1. The Morgan fingerprint density at radius 2 is 2.08 bits per heavy atom. The maximum absolute atomic E-state index is 11.8. The molecule has 1 atom stereocenters. The van der Waals surface area contributed by atoms with E-state index in [1.165, 1.54) is 0 Å². The summed E-state index contributed by atoms with van der Waals surface area (Å²) < 4.78 is 1.46. The molecule has 0 aromatic heterocycles. The lowest BCUT2D eigenvalue weighted by molar-refractivity contribution is -0.116. The number of aliphatic imine (C=N–C) groups is 1. The standard InChI is InChI=1S/C18H16Br2N2O2/c1-10-5-12-7-15(3-4-17(12)22(10)11(2)23)21-9-13-6-14(19)8-16(20)18(13)24/h3-4,6-10,24H,5H2,1-2H3/t10-/m1/s1. The van der Waals surface area contributed by atoms with E-state index in [1.54, 1.807) is 25.3 Å². The summed E-state index contributed by atoms with van der Waals surface area (Å²) in [5.41, 5.74) is 3.49. The fourth-order valence-corrected chi connectivity index (χ4v) is 4.26. The molecule has 0 bridgehead atoms. The van der Waals surface area contributed by atoms with Gasteiger partial charge in [0, 0.05) is 34.9 Å². The lowest BCUT2D eigenvalue weighted by Gasteiger charge is -2.20. The van der Waals surface area contributed by atoms with Crippen LogP contribution in [-0.4, -0.2) is 23.3 Å². The first-order chi connectivity index (χ1) is 11.4. The Morgan fingerprint density at radius 1 is 1.33 bits per heavy atom. The molecule has 124 valence electrons. The van der Waals surface area contributed by atoms with Crippen LogP contribution in [0.15, 0.2) is 44.3 Å². The third-order valence-corrected chi connectivity index (χ3v) is 5.09. The number of hydrogen-bond acceptors (Lipinski definition) is 3. The molecular weight excluding hydrogens is 436 g/mol. The third kappa shape index (κ3) is 3.26. The van der Waals surface area contributed by atoms with Crippen molar-refractivity contribution < 1.29 is 9.90 Å². The van der Waals surface area contributed by atoms with Crippen molar-refractivity contribution in [1.29, 1.82) is 0 Å². The highest BCUT2D eigenvalue weighted by Gasteiger charge is 2.28. The van der Waals surface area contributed by atoms with E-state index in [2.05, 4.69) is 36.9 Å². The lowest BCUT2D eigenvalue weighted by Crippen LogP contribution is -2.33. The van der Waals surface area contributed by atoms with Crippen LogP contribution in [0.1, 0.15) is 25.0 Å². The molecule has 2 aromatic rings. The van der Waals surface area contributed by atoms with Crippen LogP contribution < -0.4 is 4.90 Å². The predicted octanol–water partition coefficient (Wildman–Crippen LogP) is 4.97. The van der Waals surface area contributed by atoms with Gasteiger partial charge in [0.2, 0.25) is 5.91 Å². The average molecular weight is 452 g/mol. The van der Waals surface area contributed by atoms with Gasteiger partial charge >= 0.3 is 0 Å². The lowest BCUT2D eigenvalue weighted by atomic mass is 10.1. The second-order valence-electron chi connectivity index (χ2n) is 5.84. The van der Waals surface area contributed by atoms with Gasteiger partial charge in [-0.15, -0.1) is 0 Å². The van der Waals surface area contributed by atoms with Gasteiger partial charge < -0.3 is 10.0 Å². The normalized spacial score (nSPS) is 16.7. The molecule has 24 heavy (non-hydrogen) atoms. The van der Waals surface area contributed by atoms with Crippen molar-refractivity contribution in [3.63, 3.8) is 0 Å². The molecule has 0 aliphatic carbocycles. The van der Waals surface area contributed by atoms with Crippen molar-refractivity contribution in [2.75, 3.05) is 4.90 Å². The maximum Gasteiger partial charge on any atom is 0.224 e. The second-order valence-corrected chi connectivity index (χ2v) is 7.61. The van der Waals surface area contributed by atoms with Crippen LogP contribution in [0.4, 0.5) is 11.4 Å². The Balaban J connectivity index is 1.91. The first-order valence-corrected chi connectivity index (χ1v) is 9.10. The van der Waals surface area contributed by atoms with E-state index < -0.39 is 0 Å². The molecule has 0 fully saturated rings. The second kappa shape index (κ2) is 6.69. The highest BCUT2D eigenvalue weighted by molar-refractivity contribution is 9.11. The van der Waals surface area contributed by atoms with Crippen molar-refractivity contribution >= 4 is 55.4 Å². The van der Waals surface area contributed by atoms with Gasteiger partial charge in [0.1, 0.15) is 5.75 Å². The number of phenols is 1. The SMILES string of the molecule is CC(=O)N1c2ccc(N=Cc3cc(Br)cc(Br)c3O)cc2C[C@H]1C. The topological polar surface area (TPSA) is 52.9 Å². The monoisotopic (exact) mass is 450 g/mol. The summed E-state index contributed by atoms with van der Waals surface area (Å²) in [7, 11) is 0. The number of benzene rings is 2. The summed E-state index contributed by atoms with van der Waals surface area (Å²) in [6, 6.07) is 9.56. The van der Waals surface area contributed by atoms with Crippen LogP contribution in [0.2, 0.25) is 0 Å². The Bertz CT molecular complexity index is 849. The van der Waals surface area contributed by atoms with Crippen LogP contribution in [-0.2, 0) is 11.2 Å². The number of amides is 1. The zero-order valence-corrected chi connectivity index (χ0v) is 16.4. The van der Waals surface area contributed by atoms with Gasteiger partial charge in [0.25, 0.3) is 0 Å². The third-order valence-electron chi connectivity index (χ3n) is 4.03. The highest BCUT2D eigenvalue weighted by atomic mass is 79.9. The zero-order chi connectivity index (χ0) is 17.4. The minimum absolute atomic E-state index is 0.0569. The molecule has 0 saturated carbocycles. The van der Waals surface area contributed by atoms with Gasteiger partial charge in [-0.3, -0.25) is 9.79 Å². The number of carbonyl (C=O) groups is 1. The van der Waals surface area contributed by atoms with Crippen LogP contribution in [0, 0.1) is 0 Å². The number of aromatic hydroxyl groups is 1. The average Bonchev–Trinajstić information content (AvgIpc) is 2.84. The molecule has 0 unspecified atom stereocenters.